The highest BCUT2D eigenvalue weighted by Crippen LogP contribution is 2.32. The summed E-state index contributed by atoms with van der Waals surface area (Å²) in [5.74, 6) is -0.718. The number of halogens is 3. The molecule has 0 aliphatic rings. The maximum Gasteiger partial charge on any atom is 0.265 e. The van der Waals surface area contributed by atoms with Crippen LogP contribution in [0.25, 0.3) is 0 Å². The molecule has 0 radical (unpaired) electrons. The monoisotopic (exact) mass is 267 g/mol. The van der Waals surface area contributed by atoms with E-state index in [0.717, 1.165) is 0 Å². The summed E-state index contributed by atoms with van der Waals surface area (Å²) in [6.07, 6.45) is -3.12. The predicted molar refractivity (Wildman–Crippen MR) is 51.4 cm³/mol. The van der Waals surface area contributed by atoms with Crippen molar-refractivity contribution in [1.82, 2.24) is 4.98 Å². The fraction of sp³-hybridized carbons (Fsp3) is 0.143. The smallest absolute Gasteiger partial charge is 0.265 e. The minimum absolute atomic E-state index is 0.406. The highest BCUT2D eigenvalue weighted by molar-refractivity contribution is 8.13. The zero-order chi connectivity index (χ0) is 12.5. The van der Waals surface area contributed by atoms with Crippen molar-refractivity contribution in [3.05, 3.63) is 17.3 Å². The number of hydrogen-bond acceptors (Lipinski definition) is 5. The standard InChI is InChI=1S/C7H4ClF2N3O2S/c8-16(14,15)5-4(6(9)10)1-3(2-11)13-7(5)12/h1,6H,(H2,12,13). The van der Waals surface area contributed by atoms with Gasteiger partial charge in [0.15, 0.2) is 0 Å². The number of hydrogen-bond donors (Lipinski definition) is 1. The Labute approximate surface area is 93.9 Å². The molecule has 0 atom stereocenters. The molecule has 86 valence electrons. The van der Waals surface area contributed by atoms with Crippen LogP contribution in [0, 0.1) is 11.3 Å². The van der Waals surface area contributed by atoms with E-state index in [4.69, 9.17) is 21.7 Å². The highest BCUT2D eigenvalue weighted by Gasteiger charge is 2.26. The number of alkyl halides is 2. The molecule has 0 unspecified atom stereocenters. The largest absolute Gasteiger partial charge is 0.383 e. The van der Waals surface area contributed by atoms with E-state index in [0.29, 0.717) is 6.07 Å². The molecule has 0 fully saturated rings. The lowest BCUT2D eigenvalue weighted by Gasteiger charge is -2.08. The average Bonchev–Trinajstić information content (AvgIpc) is 2.14. The number of nitrogens with zero attached hydrogens (tertiary/aromatic N) is 2. The lowest BCUT2D eigenvalue weighted by molar-refractivity contribution is 0.148. The van der Waals surface area contributed by atoms with E-state index >= 15 is 0 Å². The van der Waals surface area contributed by atoms with Crippen molar-refractivity contribution in [2.45, 2.75) is 11.3 Å². The van der Waals surface area contributed by atoms with Gasteiger partial charge in [-0.15, -0.1) is 0 Å². The molecule has 0 saturated heterocycles. The molecule has 0 aliphatic heterocycles. The summed E-state index contributed by atoms with van der Waals surface area (Å²) in [5.41, 5.74) is 3.83. The molecule has 16 heavy (non-hydrogen) atoms. The predicted octanol–water partition coefficient (Wildman–Crippen LogP) is 1.40. The molecule has 1 heterocycles. The molecule has 1 rings (SSSR count). The van der Waals surface area contributed by atoms with Crippen molar-refractivity contribution < 1.29 is 17.2 Å². The van der Waals surface area contributed by atoms with Crippen LogP contribution in [0.2, 0.25) is 0 Å². The number of nitrogens with two attached hydrogens (primary N) is 1. The SMILES string of the molecule is N#Cc1cc(C(F)F)c(S(=O)(=O)Cl)c(N)n1. The Morgan fingerprint density at radius 1 is 1.56 bits per heavy atom. The van der Waals surface area contributed by atoms with Gasteiger partial charge >= 0.3 is 0 Å². The van der Waals surface area contributed by atoms with Crippen molar-refractivity contribution in [2.24, 2.45) is 0 Å². The van der Waals surface area contributed by atoms with E-state index in [2.05, 4.69) is 4.98 Å². The molecule has 1 aromatic rings. The third kappa shape index (κ3) is 2.37. The van der Waals surface area contributed by atoms with Gasteiger partial charge in [0.05, 0.1) is 0 Å². The van der Waals surface area contributed by atoms with Gasteiger partial charge in [-0.2, -0.15) is 5.26 Å². The Balaban J connectivity index is 3.68. The molecule has 5 nitrogen and oxygen atoms in total. The maximum absolute atomic E-state index is 12.5. The first kappa shape index (κ1) is 12.6. The second-order valence-corrected chi connectivity index (χ2v) is 5.16. The van der Waals surface area contributed by atoms with Crippen LogP contribution in [0.3, 0.4) is 0 Å². The topological polar surface area (TPSA) is 96.8 Å². The van der Waals surface area contributed by atoms with Crippen LogP contribution < -0.4 is 5.73 Å². The first-order chi connectivity index (χ1) is 7.27. The van der Waals surface area contributed by atoms with E-state index in [1.54, 1.807) is 0 Å². The summed E-state index contributed by atoms with van der Waals surface area (Å²) in [4.78, 5) is 2.37. The molecule has 0 saturated carbocycles. The summed E-state index contributed by atoms with van der Waals surface area (Å²) in [6, 6.07) is 2.11. The molecule has 2 N–H and O–H groups in total. The second kappa shape index (κ2) is 4.19. The first-order valence-corrected chi connectivity index (χ1v) is 6.01. The molecule has 0 aromatic carbocycles. The molecule has 0 amide bonds. The number of nitrogen functional groups attached to an aromatic ring is 1. The van der Waals surface area contributed by atoms with E-state index in [1.807, 2.05) is 0 Å². The Hall–Kier alpha value is -1.46. The van der Waals surface area contributed by atoms with Crippen LogP contribution in [0.15, 0.2) is 11.0 Å². The third-order valence-electron chi connectivity index (χ3n) is 1.62. The molecule has 0 aliphatic carbocycles. The van der Waals surface area contributed by atoms with Crippen molar-refractivity contribution >= 4 is 25.6 Å². The maximum atomic E-state index is 12.5. The van der Waals surface area contributed by atoms with Crippen LogP contribution in [-0.4, -0.2) is 13.4 Å². The number of aromatic nitrogens is 1. The van der Waals surface area contributed by atoms with Gasteiger partial charge in [0.2, 0.25) is 0 Å². The van der Waals surface area contributed by atoms with E-state index < -0.39 is 37.4 Å². The van der Waals surface area contributed by atoms with Crippen LogP contribution in [0.4, 0.5) is 14.6 Å². The quantitative estimate of drug-likeness (QED) is 0.817. The van der Waals surface area contributed by atoms with Crippen LogP contribution >= 0.6 is 10.7 Å². The molecular weight excluding hydrogens is 264 g/mol. The van der Waals surface area contributed by atoms with Crippen molar-refractivity contribution in [3.8, 4) is 6.07 Å². The molecule has 9 heteroatoms. The van der Waals surface area contributed by atoms with Crippen LogP contribution in [0.5, 0.6) is 0 Å². The van der Waals surface area contributed by atoms with Gasteiger partial charge < -0.3 is 5.73 Å². The zero-order valence-electron chi connectivity index (χ0n) is 7.49. The van der Waals surface area contributed by atoms with Gasteiger partial charge in [0.1, 0.15) is 22.5 Å². The summed E-state index contributed by atoms with van der Waals surface area (Å²) >= 11 is 0. The molecule has 0 bridgehead atoms. The van der Waals surface area contributed by atoms with Gasteiger partial charge in [0.25, 0.3) is 15.5 Å². The van der Waals surface area contributed by atoms with Crippen LogP contribution in [0.1, 0.15) is 17.7 Å². The van der Waals surface area contributed by atoms with Gasteiger partial charge in [-0.25, -0.2) is 22.2 Å². The first-order valence-electron chi connectivity index (χ1n) is 3.70. The summed E-state index contributed by atoms with van der Waals surface area (Å²) in [6.45, 7) is 0. The fourth-order valence-corrected chi connectivity index (χ4v) is 2.29. The second-order valence-electron chi connectivity index (χ2n) is 2.66. The third-order valence-corrected chi connectivity index (χ3v) is 3.02. The molecule has 1 aromatic heterocycles. The van der Waals surface area contributed by atoms with Crippen LogP contribution in [-0.2, 0) is 9.05 Å². The average molecular weight is 268 g/mol. The normalized spacial score (nSPS) is 11.4. The van der Waals surface area contributed by atoms with Crippen molar-refractivity contribution in [1.29, 1.82) is 5.26 Å². The van der Waals surface area contributed by atoms with Gasteiger partial charge in [0, 0.05) is 16.2 Å². The minimum Gasteiger partial charge on any atom is -0.383 e. The zero-order valence-corrected chi connectivity index (χ0v) is 9.06. The summed E-state index contributed by atoms with van der Waals surface area (Å²) in [7, 11) is 0.506. The Morgan fingerprint density at radius 3 is 2.50 bits per heavy atom. The molecular formula is C7H4ClF2N3O2S. The number of nitriles is 1. The lowest BCUT2D eigenvalue weighted by Crippen LogP contribution is -2.07. The van der Waals surface area contributed by atoms with E-state index in [-0.39, 0.29) is 0 Å². The fourth-order valence-electron chi connectivity index (χ4n) is 1.06. The van der Waals surface area contributed by atoms with E-state index in [9.17, 15) is 17.2 Å². The van der Waals surface area contributed by atoms with E-state index in [1.165, 1.54) is 6.07 Å². The highest BCUT2D eigenvalue weighted by atomic mass is 35.7. The van der Waals surface area contributed by atoms with Gasteiger partial charge in [-0.1, -0.05) is 0 Å². The lowest BCUT2D eigenvalue weighted by atomic mass is 10.2. The summed E-state index contributed by atoms with van der Waals surface area (Å²) in [5, 5.41) is 8.47. The number of anilines is 1. The van der Waals surface area contributed by atoms with Gasteiger partial charge in [-0.3, -0.25) is 0 Å². The van der Waals surface area contributed by atoms with Crippen molar-refractivity contribution in [3.63, 3.8) is 0 Å². The summed E-state index contributed by atoms with van der Waals surface area (Å²) < 4.78 is 47.1. The number of rotatable bonds is 2. The number of pyridine rings is 1. The Bertz CT molecular complexity index is 568. The molecule has 0 spiro atoms. The minimum atomic E-state index is -4.44. The Morgan fingerprint density at radius 2 is 2.12 bits per heavy atom. The van der Waals surface area contributed by atoms with Crippen molar-refractivity contribution in [2.75, 3.05) is 5.73 Å². The Kier molecular flexibility index (Phi) is 3.30. The van der Waals surface area contributed by atoms with Gasteiger partial charge in [-0.05, 0) is 6.07 Å².